The van der Waals surface area contributed by atoms with Gasteiger partial charge in [0, 0.05) is 12.6 Å². The molecule has 1 N–H and O–H groups in total. The molecular formula is C20H20F4N2O. The molecule has 0 aliphatic carbocycles. The fourth-order valence-electron chi connectivity index (χ4n) is 2.52. The molecule has 1 atom stereocenters. The van der Waals surface area contributed by atoms with Crippen molar-refractivity contribution < 1.29 is 22.4 Å². The summed E-state index contributed by atoms with van der Waals surface area (Å²) in [6, 6.07) is 10.4. The number of hydrogen-bond acceptors (Lipinski definition) is 2. The smallest absolute Gasteiger partial charge is 0.351 e. The van der Waals surface area contributed by atoms with E-state index >= 15 is 0 Å². The zero-order valence-corrected chi connectivity index (χ0v) is 14.9. The highest BCUT2D eigenvalue weighted by molar-refractivity contribution is 5.91. The van der Waals surface area contributed by atoms with Crippen molar-refractivity contribution in [2.45, 2.75) is 12.2 Å². The Hall–Kier alpha value is -2.67. The van der Waals surface area contributed by atoms with Gasteiger partial charge in [0.05, 0.1) is 11.6 Å². The summed E-state index contributed by atoms with van der Waals surface area (Å²) in [6.45, 7) is 0.257. The second kappa shape index (κ2) is 8.81. The number of carbonyl (C=O) groups excluding carboxylic acids is 1. The maximum atomic E-state index is 13.4. The summed E-state index contributed by atoms with van der Waals surface area (Å²) in [7, 11) is 3.64. The third-order valence-electron chi connectivity index (χ3n) is 3.99. The number of nitrogens with one attached hydrogen (secondary N) is 1. The van der Waals surface area contributed by atoms with Crippen LogP contribution < -0.4 is 5.32 Å². The van der Waals surface area contributed by atoms with Crippen molar-refractivity contribution in [3.8, 4) is 0 Å². The Labute approximate surface area is 155 Å². The van der Waals surface area contributed by atoms with Gasteiger partial charge in [0.25, 0.3) is 0 Å². The summed E-state index contributed by atoms with van der Waals surface area (Å²) in [5, 5.41) is 2.72. The van der Waals surface area contributed by atoms with Gasteiger partial charge in [-0.25, -0.2) is 4.39 Å². The van der Waals surface area contributed by atoms with Gasteiger partial charge in [-0.3, -0.25) is 4.79 Å². The quantitative estimate of drug-likeness (QED) is 0.599. The first kappa shape index (κ1) is 20.6. The van der Waals surface area contributed by atoms with E-state index in [1.807, 2.05) is 19.0 Å². The molecule has 0 fully saturated rings. The molecule has 0 heterocycles. The van der Waals surface area contributed by atoms with Crippen molar-refractivity contribution in [3.63, 3.8) is 0 Å². The summed E-state index contributed by atoms with van der Waals surface area (Å²) < 4.78 is 51.0. The highest BCUT2D eigenvalue weighted by Gasteiger charge is 2.29. The van der Waals surface area contributed by atoms with Crippen LogP contribution in [0, 0.1) is 5.82 Å². The Morgan fingerprint density at radius 2 is 1.81 bits per heavy atom. The van der Waals surface area contributed by atoms with Crippen LogP contribution >= 0.6 is 0 Å². The predicted octanol–water partition coefficient (Wildman–Crippen LogP) is 4.28. The average molecular weight is 380 g/mol. The number of amides is 1. The molecule has 0 saturated heterocycles. The molecule has 2 rings (SSSR count). The Bertz CT molecular complexity index is 798. The minimum Gasteiger partial charge on any atom is -0.351 e. The largest absolute Gasteiger partial charge is 0.416 e. The predicted molar refractivity (Wildman–Crippen MR) is 96.3 cm³/mol. The first-order chi connectivity index (χ1) is 12.7. The number of rotatable bonds is 6. The second-order valence-corrected chi connectivity index (χ2v) is 6.23. The fraction of sp³-hybridized carbons (Fsp3) is 0.250. The van der Waals surface area contributed by atoms with Crippen LogP contribution in [-0.4, -0.2) is 31.4 Å². The van der Waals surface area contributed by atoms with Crippen molar-refractivity contribution in [2.24, 2.45) is 0 Å². The van der Waals surface area contributed by atoms with Crippen molar-refractivity contribution in [1.82, 2.24) is 10.2 Å². The van der Waals surface area contributed by atoms with E-state index in [2.05, 4.69) is 5.32 Å². The number of benzene rings is 2. The van der Waals surface area contributed by atoms with Crippen molar-refractivity contribution >= 4 is 12.0 Å². The number of hydrogen-bond donors (Lipinski definition) is 1. The monoisotopic (exact) mass is 380 g/mol. The van der Waals surface area contributed by atoms with Gasteiger partial charge < -0.3 is 10.2 Å². The molecule has 0 spiro atoms. The molecule has 2 aromatic rings. The zero-order chi connectivity index (χ0) is 20.0. The highest BCUT2D eigenvalue weighted by atomic mass is 19.4. The summed E-state index contributed by atoms with van der Waals surface area (Å²) in [5.74, 6) is -0.744. The van der Waals surface area contributed by atoms with E-state index in [9.17, 15) is 22.4 Å². The van der Waals surface area contributed by atoms with Gasteiger partial charge in [-0.15, -0.1) is 0 Å². The molecule has 7 heteroatoms. The topological polar surface area (TPSA) is 32.3 Å². The molecule has 0 aromatic heterocycles. The Morgan fingerprint density at radius 1 is 1.15 bits per heavy atom. The van der Waals surface area contributed by atoms with Crippen molar-refractivity contribution in [3.05, 3.63) is 77.1 Å². The van der Waals surface area contributed by atoms with Gasteiger partial charge in [0.15, 0.2) is 0 Å². The van der Waals surface area contributed by atoms with E-state index in [4.69, 9.17) is 0 Å². The van der Waals surface area contributed by atoms with E-state index in [1.165, 1.54) is 36.4 Å². The standard InChI is InChI=1S/C20H20F4N2O/c1-26(2)18(15-4-3-5-17(21)12-15)13-25-19(27)11-8-14-6-9-16(10-7-14)20(22,23)24/h3-12,18H,13H2,1-2H3,(H,25,27)/b11-8+. The zero-order valence-electron chi connectivity index (χ0n) is 14.9. The number of halogens is 4. The first-order valence-electron chi connectivity index (χ1n) is 8.22. The molecule has 1 amide bonds. The number of likely N-dealkylation sites (N-methyl/N-ethyl adjacent to an activating group) is 1. The van der Waals surface area contributed by atoms with Crippen LogP contribution in [0.5, 0.6) is 0 Å². The summed E-state index contributed by atoms with van der Waals surface area (Å²) in [5.41, 5.74) is 0.465. The summed E-state index contributed by atoms with van der Waals surface area (Å²) >= 11 is 0. The first-order valence-corrected chi connectivity index (χ1v) is 8.22. The Balaban J connectivity index is 1.97. The minimum atomic E-state index is -4.39. The van der Waals surface area contributed by atoms with E-state index in [0.717, 1.165) is 17.7 Å². The lowest BCUT2D eigenvalue weighted by molar-refractivity contribution is -0.137. The van der Waals surface area contributed by atoms with Crippen LogP contribution in [0.3, 0.4) is 0 Å². The van der Waals surface area contributed by atoms with Crippen molar-refractivity contribution in [1.29, 1.82) is 0 Å². The normalized spacial score (nSPS) is 13.1. The lowest BCUT2D eigenvalue weighted by Gasteiger charge is -2.24. The number of nitrogens with zero attached hydrogens (tertiary/aromatic N) is 1. The van der Waals surface area contributed by atoms with Gasteiger partial charge in [-0.1, -0.05) is 24.3 Å². The van der Waals surface area contributed by atoms with Crippen LogP contribution in [0.15, 0.2) is 54.6 Å². The minimum absolute atomic E-state index is 0.218. The average Bonchev–Trinajstić information content (AvgIpc) is 2.59. The molecule has 0 radical (unpaired) electrons. The van der Waals surface area contributed by atoms with Crippen LogP contribution in [0.2, 0.25) is 0 Å². The lowest BCUT2D eigenvalue weighted by atomic mass is 10.1. The van der Waals surface area contributed by atoms with E-state index in [0.29, 0.717) is 5.56 Å². The maximum absolute atomic E-state index is 13.4. The van der Waals surface area contributed by atoms with E-state index in [-0.39, 0.29) is 18.4 Å². The second-order valence-electron chi connectivity index (χ2n) is 6.23. The lowest BCUT2D eigenvalue weighted by Crippen LogP contribution is -2.33. The molecular weight excluding hydrogens is 360 g/mol. The van der Waals surface area contributed by atoms with Gasteiger partial charge in [0.1, 0.15) is 5.82 Å². The van der Waals surface area contributed by atoms with Crippen LogP contribution in [-0.2, 0) is 11.0 Å². The van der Waals surface area contributed by atoms with Crippen LogP contribution in [0.1, 0.15) is 22.7 Å². The Kier molecular flexibility index (Phi) is 6.74. The van der Waals surface area contributed by atoms with Crippen LogP contribution in [0.25, 0.3) is 6.08 Å². The molecule has 0 aliphatic heterocycles. The summed E-state index contributed by atoms with van der Waals surface area (Å²) in [4.78, 5) is 13.9. The van der Waals surface area contributed by atoms with Crippen molar-refractivity contribution in [2.75, 3.05) is 20.6 Å². The number of alkyl halides is 3. The fourth-order valence-corrected chi connectivity index (χ4v) is 2.52. The van der Waals surface area contributed by atoms with Gasteiger partial charge in [0.2, 0.25) is 5.91 Å². The summed E-state index contributed by atoms with van der Waals surface area (Å²) in [6.07, 6.45) is -1.71. The molecule has 0 aliphatic rings. The van der Waals surface area contributed by atoms with Gasteiger partial charge in [-0.2, -0.15) is 13.2 Å². The SMILES string of the molecule is CN(C)C(CNC(=O)/C=C/c1ccc(C(F)(F)F)cc1)c1cccc(F)c1. The van der Waals surface area contributed by atoms with E-state index < -0.39 is 17.6 Å². The molecule has 1 unspecified atom stereocenters. The third-order valence-corrected chi connectivity index (χ3v) is 3.99. The highest BCUT2D eigenvalue weighted by Crippen LogP contribution is 2.29. The molecule has 0 bridgehead atoms. The van der Waals surface area contributed by atoms with Crippen LogP contribution in [0.4, 0.5) is 17.6 Å². The Morgan fingerprint density at radius 3 is 2.37 bits per heavy atom. The third kappa shape index (κ3) is 6.21. The molecule has 0 saturated carbocycles. The molecule has 3 nitrogen and oxygen atoms in total. The molecule has 27 heavy (non-hydrogen) atoms. The van der Waals surface area contributed by atoms with E-state index in [1.54, 1.807) is 12.1 Å². The maximum Gasteiger partial charge on any atom is 0.416 e. The van der Waals surface area contributed by atoms with Gasteiger partial charge in [-0.05, 0) is 55.6 Å². The number of carbonyl (C=O) groups is 1. The molecule has 144 valence electrons. The van der Waals surface area contributed by atoms with Gasteiger partial charge >= 0.3 is 6.18 Å². The molecule has 2 aromatic carbocycles.